The first-order valence-corrected chi connectivity index (χ1v) is 7.00. The molecule has 2 rings (SSSR count). The minimum atomic E-state index is -0.715. The van der Waals surface area contributed by atoms with E-state index < -0.39 is 10.3 Å². The maximum absolute atomic E-state index is 12.0. The molecule has 1 fully saturated rings. The zero-order valence-electron chi connectivity index (χ0n) is 11.0. The van der Waals surface area contributed by atoms with Gasteiger partial charge in [-0.05, 0) is 25.5 Å². The highest BCUT2D eigenvalue weighted by molar-refractivity contribution is 9.10. The number of nitrogens with one attached hydrogen (secondary N) is 1. The lowest BCUT2D eigenvalue weighted by molar-refractivity contribution is -0.385. The van der Waals surface area contributed by atoms with Crippen molar-refractivity contribution in [3.8, 4) is 0 Å². The van der Waals surface area contributed by atoms with E-state index in [0.29, 0.717) is 36.0 Å². The molecule has 108 valence electrons. The SMILES string of the molecule is COC(=O)C1(Cc2ccc(Br)cc2[N+](=O)[O-])CCNC1. The van der Waals surface area contributed by atoms with E-state index >= 15 is 0 Å². The lowest BCUT2D eigenvalue weighted by Gasteiger charge is -2.24. The van der Waals surface area contributed by atoms with Crippen molar-refractivity contribution < 1.29 is 14.5 Å². The van der Waals surface area contributed by atoms with Gasteiger partial charge in [-0.3, -0.25) is 14.9 Å². The molecule has 1 atom stereocenters. The van der Waals surface area contributed by atoms with Crippen LogP contribution in [0.1, 0.15) is 12.0 Å². The van der Waals surface area contributed by atoms with Crippen LogP contribution in [0.25, 0.3) is 0 Å². The highest BCUT2D eigenvalue weighted by atomic mass is 79.9. The number of nitro benzene ring substituents is 1. The zero-order chi connectivity index (χ0) is 14.8. The van der Waals surface area contributed by atoms with Gasteiger partial charge >= 0.3 is 5.97 Å². The summed E-state index contributed by atoms with van der Waals surface area (Å²) in [7, 11) is 1.35. The lowest BCUT2D eigenvalue weighted by Crippen LogP contribution is -2.36. The summed E-state index contributed by atoms with van der Waals surface area (Å²) in [6.07, 6.45) is 0.920. The summed E-state index contributed by atoms with van der Waals surface area (Å²) in [5.74, 6) is -0.320. The van der Waals surface area contributed by atoms with Crippen LogP contribution < -0.4 is 5.32 Å². The van der Waals surface area contributed by atoms with E-state index in [0.717, 1.165) is 0 Å². The average Bonchev–Trinajstić information content (AvgIpc) is 2.89. The number of nitrogens with zero attached hydrogens (tertiary/aromatic N) is 1. The van der Waals surface area contributed by atoms with Crippen LogP contribution >= 0.6 is 15.9 Å². The third-order valence-electron chi connectivity index (χ3n) is 3.64. The molecule has 0 radical (unpaired) electrons. The van der Waals surface area contributed by atoms with Gasteiger partial charge in [0.25, 0.3) is 5.69 Å². The second kappa shape index (κ2) is 5.88. The molecule has 0 aromatic heterocycles. The Hall–Kier alpha value is -1.47. The molecule has 1 aromatic rings. The Kier molecular flexibility index (Phi) is 4.39. The highest BCUT2D eigenvalue weighted by Gasteiger charge is 2.43. The molecule has 1 aromatic carbocycles. The summed E-state index contributed by atoms with van der Waals surface area (Å²) < 4.78 is 5.52. The summed E-state index contributed by atoms with van der Waals surface area (Å²) in [5, 5.41) is 14.3. The van der Waals surface area contributed by atoms with Crippen LogP contribution in [-0.2, 0) is 16.0 Å². The van der Waals surface area contributed by atoms with E-state index in [9.17, 15) is 14.9 Å². The third kappa shape index (κ3) is 2.83. The van der Waals surface area contributed by atoms with Gasteiger partial charge in [-0.25, -0.2) is 0 Å². The molecule has 1 heterocycles. The predicted molar refractivity (Wildman–Crippen MR) is 76.4 cm³/mol. The molecule has 20 heavy (non-hydrogen) atoms. The number of carbonyl (C=O) groups excluding carboxylic acids is 1. The van der Waals surface area contributed by atoms with Crippen molar-refractivity contribution in [1.29, 1.82) is 0 Å². The Morgan fingerprint density at radius 2 is 2.35 bits per heavy atom. The minimum Gasteiger partial charge on any atom is -0.469 e. The molecule has 1 aliphatic rings. The van der Waals surface area contributed by atoms with E-state index in [4.69, 9.17) is 4.74 Å². The molecule has 1 unspecified atom stereocenters. The summed E-state index contributed by atoms with van der Waals surface area (Å²) in [4.78, 5) is 22.8. The first kappa shape index (κ1) is 14.9. The number of methoxy groups -OCH3 is 1. The van der Waals surface area contributed by atoms with E-state index in [-0.39, 0.29) is 11.7 Å². The molecule has 0 aliphatic carbocycles. The van der Waals surface area contributed by atoms with Gasteiger partial charge in [-0.15, -0.1) is 0 Å². The fourth-order valence-corrected chi connectivity index (χ4v) is 2.93. The summed E-state index contributed by atoms with van der Waals surface area (Å²) >= 11 is 3.22. The van der Waals surface area contributed by atoms with E-state index in [2.05, 4.69) is 21.2 Å². The van der Waals surface area contributed by atoms with Crippen LogP contribution in [0.2, 0.25) is 0 Å². The van der Waals surface area contributed by atoms with Crippen LogP contribution in [0.5, 0.6) is 0 Å². The predicted octanol–water partition coefficient (Wildman–Crippen LogP) is 2.05. The number of esters is 1. The molecule has 1 aliphatic heterocycles. The number of hydrogen-bond donors (Lipinski definition) is 1. The quantitative estimate of drug-likeness (QED) is 0.514. The van der Waals surface area contributed by atoms with Crippen molar-refractivity contribution in [2.75, 3.05) is 20.2 Å². The van der Waals surface area contributed by atoms with E-state index in [1.54, 1.807) is 12.1 Å². The third-order valence-corrected chi connectivity index (χ3v) is 4.13. The molecule has 0 amide bonds. The number of nitro groups is 1. The van der Waals surface area contributed by atoms with Gasteiger partial charge in [-0.1, -0.05) is 22.0 Å². The second-order valence-electron chi connectivity index (χ2n) is 4.91. The van der Waals surface area contributed by atoms with Crippen molar-refractivity contribution in [2.45, 2.75) is 12.8 Å². The first-order valence-electron chi connectivity index (χ1n) is 6.20. The fourth-order valence-electron chi connectivity index (χ4n) is 2.58. The summed E-state index contributed by atoms with van der Waals surface area (Å²) in [5.41, 5.74) is -0.144. The molecular formula is C13H15BrN2O4. The highest BCUT2D eigenvalue weighted by Crippen LogP contribution is 2.35. The Morgan fingerprint density at radius 1 is 1.60 bits per heavy atom. The number of benzene rings is 1. The monoisotopic (exact) mass is 342 g/mol. The van der Waals surface area contributed by atoms with Gasteiger partial charge in [-0.2, -0.15) is 0 Å². The number of ether oxygens (including phenoxy) is 1. The van der Waals surface area contributed by atoms with Gasteiger partial charge in [0.05, 0.1) is 17.4 Å². The van der Waals surface area contributed by atoms with Gasteiger partial charge in [0, 0.05) is 22.6 Å². The number of halogens is 1. The number of rotatable bonds is 4. The Labute approximate surface area is 124 Å². The molecule has 6 nitrogen and oxygen atoms in total. The number of hydrogen-bond acceptors (Lipinski definition) is 5. The van der Waals surface area contributed by atoms with Crippen LogP contribution in [0.4, 0.5) is 5.69 Å². The van der Waals surface area contributed by atoms with E-state index in [1.165, 1.54) is 13.2 Å². The summed E-state index contributed by atoms with van der Waals surface area (Å²) in [6.45, 7) is 1.19. The normalized spacial score (nSPS) is 21.7. The molecule has 1 saturated heterocycles. The fraction of sp³-hybridized carbons (Fsp3) is 0.462. The molecule has 0 bridgehead atoms. The van der Waals surface area contributed by atoms with Gasteiger partial charge in [0.2, 0.25) is 0 Å². The topological polar surface area (TPSA) is 81.5 Å². The Morgan fingerprint density at radius 3 is 2.90 bits per heavy atom. The van der Waals surface area contributed by atoms with Gasteiger partial charge in [0.15, 0.2) is 0 Å². The van der Waals surface area contributed by atoms with Crippen LogP contribution in [-0.4, -0.2) is 31.1 Å². The molecule has 1 N–H and O–H groups in total. The van der Waals surface area contributed by atoms with Crippen molar-refractivity contribution in [2.24, 2.45) is 5.41 Å². The van der Waals surface area contributed by atoms with Crippen LogP contribution in [0.3, 0.4) is 0 Å². The molecule has 0 saturated carbocycles. The van der Waals surface area contributed by atoms with Gasteiger partial charge < -0.3 is 10.1 Å². The number of carbonyl (C=O) groups is 1. The van der Waals surface area contributed by atoms with E-state index in [1.807, 2.05) is 0 Å². The van der Waals surface area contributed by atoms with Crippen molar-refractivity contribution in [3.05, 3.63) is 38.3 Å². The molecule has 0 spiro atoms. The minimum absolute atomic E-state index is 0.0227. The standard InChI is InChI=1S/C13H15BrN2O4/c1-20-12(17)13(4-5-15-8-13)7-9-2-3-10(14)6-11(9)16(18)19/h2-3,6,15H,4-5,7-8H2,1H3. The van der Waals surface area contributed by atoms with Gasteiger partial charge in [0.1, 0.15) is 0 Å². The Bertz CT molecular complexity index is 541. The van der Waals surface area contributed by atoms with Crippen molar-refractivity contribution in [1.82, 2.24) is 5.32 Å². The van der Waals surface area contributed by atoms with Crippen molar-refractivity contribution >= 4 is 27.6 Å². The molecular weight excluding hydrogens is 328 g/mol. The Balaban J connectivity index is 2.37. The molecule has 7 heteroatoms. The maximum Gasteiger partial charge on any atom is 0.313 e. The average molecular weight is 343 g/mol. The van der Waals surface area contributed by atoms with Crippen molar-refractivity contribution in [3.63, 3.8) is 0 Å². The first-order chi connectivity index (χ1) is 9.48. The lowest BCUT2D eigenvalue weighted by atomic mass is 9.80. The zero-order valence-corrected chi connectivity index (χ0v) is 12.6. The van der Waals surface area contributed by atoms with Crippen LogP contribution in [0.15, 0.2) is 22.7 Å². The second-order valence-corrected chi connectivity index (χ2v) is 5.82. The maximum atomic E-state index is 12.0. The summed E-state index contributed by atoms with van der Waals surface area (Å²) in [6, 6.07) is 4.89. The van der Waals surface area contributed by atoms with Crippen LogP contribution in [0, 0.1) is 15.5 Å². The largest absolute Gasteiger partial charge is 0.469 e. The smallest absolute Gasteiger partial charge is 0.313 e.